The molecule has 0 atom stereocenters. The highest BCUT2D eigenvalue weighted by atomic mass is 32.1. The molecule has 2 aromatic rings. The fraction of sp³-hybridized carbons (Fsp3) is 0.364. The van der Waals surface area contributed by atoms with Crippen molar-refractivity contribution in [2.24, 2.45) is 0 Å². The molecule has 0 aromatic carbocycles. The van der Waals surface area contributed by atoms with Crippen LogP contribution in [-0.4, -0.2) is 12.0 Å². The SMILES string of the molecule is CNc1nc2ccsc2cc1C(C)C. The Morgan fingerprint density at radius 2 is 2.21 bits per heavy atom. The third-order valence-electron chi connectivity index (χ3n) is 2.32. The molecular weight excluding hydrogens is 192 g/mol. The van der Waals surface area contributed by atoms with Gasteiger partial charge < -0.3 is 5.32 Å². The van der Waals surface area contributed by atoms with Crippen LogP contribution in [-0.2, 0) is 0 Å². The molecule has 0 fully saturated rings. The zero-order chi connectivity index (χ0) is 10.1. The average molecular weight is 206 g/mol. The van der Waals surface area contributed by atoms with Gasteiger partial charge in [0.1, 0.15) is 5.82 Å². The highest BCUT2D eigenvalue weighted by Gasteiger charge is 2.09. The van der Waals surface area contributed by atoms with Gasteiger partial charge in [0.2, 0.25) is 0 Å². The van der Waals surface area contributed by atoms with Gasteiger partial charge in [0.05, 0.1) is 10.2 Å². The maximum Gasteiger partial charge on any atom is 0.129 e. The molecule has 0 aliphatic heterocycles. The molecule has 1 N–H and O–H groups in total. The summed E-state index contributed by atoms with van der Waals surface area (Å²) in [5.74, 6) is 1.52. The predicted octanol–water partition coefficient (Wildman–Crippen LogP) is 3.46. The van der Waals surface area contributed by atoms with Crippen molar-refractivity contribution in [2.45, 2.75) is 19.8 Å². The zero-order valence-electron chi connectivity index (χ0n) is 8.66. The minimum Gasteiger partial charge on any atom is -0.373 e. The minimum absolute atomic E-state index is 0.511. The van der Waals surface area contributed by atoms with E-state index in [1.54, 1.807) is 11.3 Å². The molecule has 2 nitrogen and oxygen atoms in total. The van der Waals surface area contributed by atoms with Gasteiger partial charge in [-0.25, -0.2) is 4.98 Å². The maximum absolute atomic E-state index is 4.57. The second kappa shape index (κ2) is 3.58. The number of hydrogen-bond donors (Lipinski definition) is 1. The van der Waals surface area contributed by atoms with E-state index in [-0.39, 0.29) is 0 Å². The second-order valence-corrected chi connectivity index (χ2v) is 4.58. The number of nitrogens with zero attached hydrogens (tertiary/aromatic N) is 1. The molecule has 0 aliphatic rings. The quantitative estimate of drug-likeness (QED) is 0.814. The van der Waals surface area contributed by atoms with Gasteiger partial charge in [-0.05, 0) is 29.0 Å². The van der Waals surface area contributed by atoms with Crippen molar-refractivity contribution in [1.82, 2.24) is 4.98 Å². The van der Waals surface area contributed by atoms with Crippen molar-refractivity contribution in [1.29, 1.82) is 0 Å². The molecule has 74 valence electrons. The van der Waals surface area contributed by atoms with Crippen LogP contribution < -0.4 is 5.32 Å². The summed E-state index contributed by atoms with van der Waals surface area (Å²) in [4.78, 5) is 4.57. The monoisotopic (exact) mass is 206 g/mol. The number of thiophene rings is 1. The molecule has 0 aliphatic carbocycles. The summed E-state index contributed by atoms with van der Waals surface area (Å²) in [5.41, 5.74) is 2.38. The van der Waals surface area contributed by atoms with Crippen LogP contribution in [0.1, 0.15) is 25.3 Å². The van der Waals surface area contributed by atoms with Crippen LogP contribution in [0.5, 0.6) is 0 Å². The molecule has 0 bridgehead atoms. The maximum atomic E-state index is 4.57. The lowest BCUT2D eigenvalue weighted by Gasteiger charge is -2.11. The standard InChI is InChI=1S/C11H14N2S/c1-7(2)8-6-10-9(4-5-14-10)13-11(8)12-3/h4-7H,1-3H3,(H,12,13). The Morgan fingerprint density at radius 1 is 1.43 bits per heavy atom. The van der Waals surface area contributed by atoms with Crippen LogP contribution in [0.3, 0.4) is 0 Å². The molecule has 2 heterocycles. The minimum atomic E-state index is 0.511. The number of anilines is 1. The Bertz CT molecular complexity index is 445. The van der Waals surface area contributed by atoms with Gasteiger partial charge in [-0.15, -0.1) is 11.3 Å². The Kier molecular flexibility index (Phi) is 2.42. The zero-order valence-corrected chi connectivity index (χ0v) is 9.48. The average Bonchev–Trinajstić information content (AvgIpc) is 2.62. The molecule has 2 rings (SSSR count). The van der Waals surface area contributed by atoms with E-state index in [2.05, 4.69) is 41.7 Å². The summed E-state index contributed by atoms with van der Waals surface area (Å²) in [6.07, 6.45) is 0. The van der Waals surface area contributed by atoms with Gasteiger partial charge in [-0.1, -0.05) is 13.8 Å². The van der Waals surface area contributed by atoms with E-state index < -0.39 is 0 Å². The largest absolute Gasteiger partial charge is 0.373 e. The first-order valence-corrected chi connectivity index (χ1v) is 5.66. The van der Waals surface area contributed by atoms with Crippen molar-refractivity contribution in [3.63, 3.8) is 0 Å². The predicted molar refractivity (Wildman–Crippen MR) is 63.3 cm³/mol. The highest BCUT2D eigenvalue weighted by Crippen LogP contribution is 2.28. The Hall–Kier alpha value is -1.09. The summed E-state index contributed by atoms with van der Waals surface area (Å²) >= 11 is 1.75. The molecule has 0 amide bonds. The van der Waals surface area contributed by atoms with Crippen LogP contribution in [0.15, 0.2) is 17.5 Å². The molecule has 0 spiro atoms. The summed E-state index contributed by atoms with van der Waals surface area (Å²) in [6, 6.07) is 4.30. The van der Waals surface area contributed by atoms with Gasteiger partial charge in [0.15, 0.2) is 0 Å². The Morgan fingerprint density at radius 3 is 2.86 bits per heavy atom. The van der Waals surface area contributed by atoms with E-state index in [4.69, 9.17) is 0 Å². The van der Waals surface area contributed by atoms with E-state index >= 15 is 0 Å². The van der Waals surface area contributed by atoms with Crippen LogP contribution in [0.25, 0.3) is 10.2 Å². The molecule has 0 saturated heterocycles. The topological polar surface area (TPSA) is 24.9 Å². The van der Waals surface area contributed by atoms with Gasteiger partial charge in [0.25, 0.3) is 0 Å². The van der Waals surface area contributed by atoms with Crippen molar-refractivity contribution in [3.05, 3.63) is 23.1 Å². The van der Waals surface area contributed by atoms with Gasteiger partial charge >= 0.3 is 0 Å². The first-order chi connectivity index (χ1) is 6.72. The van der Waals surface area contributed by atoms with Crippen LogP contribution in [0.2, 0.25) is 0 Å². The van der Waals surface area contributed by atoms with Gasteiger partial charge in [-0.3, -0.25) is 0 Å². The normalized spacial score (nSPS) is 11.1. The number of hydrogen-bond acceptors (Lipinski definition) is 3. The van der Waals surface area contributed by atoms with E-state index in [1.807, 2.05) is 7.05 Å². The van der Waals surface area contributed by atoms with Crippen molar-refractivity contribution in [3.8, 4) is 0 Å². The van der Waals surface area contributed by atoms with E-state index in [1.165, 1.54) is 10.3 Å². The molecular formula is C11H14N2S. The molecule has 0 radical (unpaired) electrons. The molecule has 0 saturated carbocycles. The Labute approximate surface area is 88.0 Å². The number of fused-ring (bicyclic) bond motifs is 1. The lowest BCUT2D eigenvalue weighted by Crippen LogP contribution is -1.99. The van der Waals surface area contributed by atoms with Crippen molar-refractivity contribution in [2.75, 3.05) is 12.4 Å². The van der Waals surface area contributed by atoms with Crippen LogP contribution in [0.4, 0.5) is 5.82 Å². The molecule has 3 heteroatoms. The number of pyridine rings is 1. The van der Waals surface area contributed by atoms with E-state index in [0.717, 1.165) is 11.3 Å². The smallest absolute Gasteiger partial charge is 0.129 e. The van der Waals surface area contributed by atoms with Gasteiger partial charge in [-0.2, -0.15) is 0 Å². The highest BCUT2D eigenvalue weighted by molar-refractivity contribution is 7.17. The first kappa shape index (κ1) is 9.46. The fourth-order valence-electron chi connectivity index (χ4n) is 1.55. The number of rotatable bonds is 2. The fourth-order valence-corrected chi connectivity index (χ4v) is 2.32. The third kappa shape index (κ3) is 1.48. The lowest BCUT2D eigenvalue weighted by molar-refractivity contribution is 0.864. The molecule has 14 heavy (non-hydrogen) atoms. The summed E-state index contributed by atoms with van der Waals surface area (Å²) in [7, 11) is 1.92. The van der Waals surface area contributed by atoms with Crippen LogP contribution in [0, 0.1) is 0 Å². The van der Waals surface area contributed by atoms with Gasteiger partial charge in [0, 0.05) is 7.05 Å². The first-order valence-electron chi connectivity index (χ1n) is 4.78. The van der Waals surface area contributed by atoms with E-state index in [9.17, 15) is 0 Å². The summed E-state index contributed by atoms with van der Waals surface area (Å²) in [6.45, 7) is 4.38. The number of aromatic nitrogens is 1. The van der Waals surface area contributed by atoms with Crippen molar-refractivity contribution < 1.29 is 0 Å². The Balaban J connectivity index is 2.66. The number of nitrogens with one attached hydrogen (secondary N) is 1. The van der Waals surface area contributed by atoms with E-state index in [0.29, 0.717) is 5.92 Å². The molecule has 0 unspecified atom stereocenters. The second-order valence-electron chi connectivity index (χ2n) is 3.63. The summed E-state index contributed by atoms with van der Waals surface area (Å²) in [5, 5.41) is 5.24. The van der Waals surface area contributed by atoms with Crippen molar-refractivity contribution >= 4 is 27.4 Å². The lowest BCUT2D eigenvalue weighted by atomic mass is 10.0. The third-order valence-corrected chi connectivity index (χ3v) is 3.18. The molecule has 2 aromatic heterocycles. The summed E-state index contributed by atoms with van der Waals surface area (Å²) < 4.78 is 1.27. The van der Waals surface area contributed by atoms with Crippen LogP contribution >= 0.6 is 11.3 Å².